The number of rotatable bonds is 4. The molecule has 1 heterocycles. The standard InChI is InChI=1S/C12H13N3O3S2/c1-18-10-7-11(15-12(13)14-10)19-8-3-5-9(6-4-8)20(2,16)17/h3-7H,1-2H3,(H2,13,14,15). The summed E-state index contributed by atoms with van der Waals surface area (Å²) >= 11 is 1.34. The molecule has 20 heavy (non-hydrogen) atoms. The number of sulfone groups is 1. The molecule has 0 saturated carbocycles. The van der Waals surface area contributed by atoms with Crippen LogP contribution >= 0.6 is 11.8 Å². The highest BCUT2D eigenvalue weighted by molar-refractivity contribution is 7.99. The van der Waals surface area contributed by atoms with Gasteiger partial charge in [-0.3, -0.25) is 0 Å². The van der Waals surface area contributed by atoms with Crippen LogP contribution in [0.5, 0.6) is 5.88 Å². The van der Waals surface area contributed by atoms with Crippen molar-refractivity contribution < 1.29 is 13.2 Å². The smallest absolute Gasteiger partial charge is 0.224 e. The van der Waals surface area contributed by atoms with Gasteiger partial charge in [-0.05, 0) is 24.3 Å². The first kappa shape index (κ1) is 14.6. The third-order valence-corrected chi connectivity index (χ3v) is 4.43. The molecule has 0 saturated heterocycles. The topological polar surface area (TPSA) is 95.2 Å². The molecule has 0 aliphatic heterocycles. The third-order valence-electron chi connectivity index (χ3n) is 2.38. The van der Waals surface area contributed by atoms with Crippen LogP contribution in [-0.4, -0.2) is 31.8 Å². The monoisotopic (exact) mass is 311 g/mol. The number of hydrogen-bond donors (Lipinski definition) is 1. The number of hydrogen-bond acceptors (Lipinski definition) is 7. The van der Waals surface area contributed by atoms with Gasteiger partial charge in [-0.2, -0.15) is 4.98 Å². The molecule has 0 aliphatic carbocycles. The molecule has 0 fully saturated rings. The molecule has 0 radical (unpaired) electrons. The SMILES string of the molecule is COc1cc(Sc2ccc(S(C)(=O)=O)cc2)nc(N)n1. The van der Waals surface area contributed by atoms with Crippen molar-refractivity contribution in [2.24, 2.45) is 0 Å². The molecule has 8 heteroatoms. The quantitative estimate of drug-likeness (QED) is 0.857. The van der Waals surface area contributed by atoms with Gasteiger partial charge in [0, 0.05) is 17.2 Å². The van der Waals surface area contributed by atoms with Crippen LogP contribution in [0.3, 0.4) is 0 Å². The van der Waals surface area contributed by atoms with Gasteiger partial charge in [0.15, 0.2) is 9.84 Å². The summed E-state index contributed by atoms with van der Waals surface area (Å²) in [5.74, 6) is 0.507. The Kier molecular flexibility index (Phi) is 4.15. The summed E-state index contributed by atoms with van der Waals surface area (Å²) in [5, 5.41) is 0.626. The summed E-state index contributed by atoms with van der Waals surface area (Å²) in [6.45, 7) is 0. The Morgan fingerprint density at radius 1 is 1.20 bits per heavy atom. The Balaban J connectivity index is 2.24. The summed E-state index contributed by atoms with van der Waals surface area (Å²) in [6.07, 6.45) is 1.17. The van der Waals surface area contributed by atoms with Gasteiger partial charge in [0.05, 0.1) is 12.0 Å². The Labute approximate surface area is 121 Å². The van der Waals surface area contributed by atoms with E-state index in [0.29, 0.717) is 10.9 Å². The second-order valence-electron chi connectivity index (χ2n) is 3.95. The zero-order valence-corrected chi connectivity index (χ0v) is 12.5. The van der Waals surface area contributed by atoms with Crippen molar-refractivity contribution >= 4 is 27.5 Å². The molecule has 0 atom stereocenters. The van der Waals surface area contributed by atoms with Gasteiger partial charge in [-0.15, -0.1) is 0 Å². The molecule has 6 nitrogen and oxygen atoms in total. The summed E-state index contributed by atoms with van der Waals surface area (Å²) in [7, 11) is -1.69. The van der Waals surface area contributed by atoms with Gasteiger partial charge in [0.2, 0.25) is 11.8 Å². The highest BCUT2D eigenvalue weighted by atomic mass is 32.2. The lowest BCUT2D eigenvalue weighted by Gasteiger charge is -2.05. The van der Waals surface area contributed by atoms with Crippen LogP contribution in [-0.2, 0) is 9.84 Å². The van der Waals surface area contributed by atoms with Gasteiger partial charge in [0.25, 0.3) is 0 Å². The van der Waals surface area contributed by atoms with E-state index in [1.165, 1.54) is 25.1 Å². The van der Waals surface area contributed by atoms with Crippen molar-refractivity contribution in [1.82, 2.24) is 9.97 Å². The van der Waals surface area contributed by atoms with Gasteiger partial charge in [-0.1, -0.05) is 11.8 Å². The van der Waals surface area contributed by atoms with E-state index in [2.05, 4.69) is 9.97 Å². The van der Waals surface area contributed by atoms with E-state index in [0.717, 1.165) is 4.90 Å². The molecule has 2 N–H and O–H groups in total. The maximum absolute atomic E-state index is 11.4. The number of nitrogens with zero attached hydrogens (tertiary/aromatic N) is 2. The number of benzene rings is 1. The summed E-state index contributed by atoms with van der Waals surface area (Å²) in [5.41, 5.74) is 5.57. The van der Waals surface area contributed by atoms with E-state index < -0.39 is 9.84 Å². The lowest BCUT2D eigenvalue weighted by Crippen LogP contribution is -1.98. The summed E-state index contributed by atoms with van der Waals surface area (Å²) in [6, 6.07) is 8.20. The van der Waals surface area contributed by atoms with Gasteiger partial charge in [0.1, 0.15) is 5.03 Å². The summed E-state index contributed by atoms with van der Waals surface area (Å²) < 4.78 is 27.8. The maximum Gasteiger partial charge on any atom is 0.224 e. The molecule has 0 bridgehead atoms. The molecule has 0 amide bonds. The predicted molar refractivity (Wildman–Crippen MR) is 76.7 cm³/mol. The molecule has 2 rings (SSSR count). The second-order valence-corrected chi connectivity index (χ2v) is 7.06. The first-order valence-electron chi connectivity index (χ1n) is 5.55. The van der Waals surface area contributed by atoms with Crippen molar-refractivity contribution in [1.29, 1.82) is 0 Å². The molecule has 0 spiro atoms. The minimum atomic E-state index is -3.18. The molecule has 0 aliphatic rings. The predicted octanol–water partition coefficient (Wildman–Crippen LogP) is 1.62. The number of methoxy groups -OCH3 is 1. The third kappa shape index (κ3) is 3.61. The molecule has 1 aromatic heterocycles. The molecule has 2 aromatic rings. The average molecular weight is 311 g/mol. The Morgan fingerprint density at radius 3 is 2.40 bits per heavy atom. The minimum absolute atomic E-state index is 0.125. The first-order chi connectivity index (χ1) is 9.38. The van der Waals surface area contributed by atoms with Gasteiger partial charge < -0.3 is 10.5 Å². The molecule has 0 unspecified atom stereocenters. The normalized spacial score (nSPS) is 11.3. The zero-order valence-electron chi connectivity index (χ0n) is 10.9. The van der Waals surface area contributed by atoms with Crippen molar-refractivity contribution in [3.8, 4) is 5.88 Å². The van der Waals surface area contributed by atoms with Crippen molar-refractivity contribution in [3.63, 3.8) is 0 Å². The average Bonchev–Trinajstić information content (AvgIpc) is 2.37. The number of aromatic nitrogens is 2. The van der Waals surface area contributed by atoms with E-state index in [4.69, 9.17) is 10.5 Å². The fraction of sp³-hybridized carbons (Fsp3) is 0.167. The molecular weight excluding hydrogens is 298 g/mol. The van der Waals surface area contributed by atoms with Crippen molar-refractivity contribution in [3.05, 3.63) is 30.3 Å². The van der Waals surface area contributed by atoms with Crippen LogP contribution in [0.1, 0.15) is 0 Å². The highest BCUT2D eigenvalue weighted by Crippen LogP contribution is 2.29. The number of ether oxygens (including phenoxy) is 1. The van der Waals surface area contributed by atoms with Gasteiger partial charge >= 0.3 is 0 Å². The Hall–Kier alpha value is -1.80. The Morgan fingerprint density at radius 2 is 1.85 bits per heavy atom. The lowest BCUT2D eigenvalue weighted by atomic mass is 10.4. The Bertz CT molecular complexity index is 715. The molecular formula is C12H13N3O3S2. The van der Waals surface area contributed by atoms with Crippen LogP contribution in [0.25, 0.3) is 0 Å². The van der Waals surface area contributed by atoms with E-state index in [1.54, 1.807) is 30.3 Å². The first-order valence-corrected chi connectivity index (χ1v) is 8.26. The molecule has 1 aromatic carbocycles. The van der Waals surface area contributed by atoms with Crippen LogP contribution in [0.2, 0.25) is 0 Å². The van der Waals surface area contributed by atoms with Crippen molar-refractivity contribution in [2.45, 2.75) is 14.8 Å². The fourth-order valence-corrected chi connectivity index (χ4v) is 2.90. The summed E-state index contributed by atoms with van der Waals surface area (Å²) in [4.78, 5) is 9.10. The van der Waals surface area contributed by atoms with Crippen LogP contribution in [0, 0.1) is 0 Å². The van der Waals surface area contributed by atoms with E-state index in [9.17, 15) is 8.42 Å². The van der Waals surface area contributed by atoms with Gasteiger partial charge in [-0.25, -0.2) is 13.4 Å². The lowest BCUT2D eigenvalue weighted by molar-refractivity contribution is 0.396. The second kappa shape index (κ2) is 5.68. The van der Waals surface area contributed by atoms with E-state index in [1.807, 2.05) is 0 Å². The minimum Gasteiger partial charge on any atom is -0.481 e. The fourth-order valence-electron chi connectivity index (χ4n) is 1.45. The van der Waals surface area contributed by atoms with Crippen LogP contribution < -0.4 is 10.5 Å². The molecule has 106 valence electrons. The van der Waals surface area contributed by atoms with Crippen LogP contribution in [0.4, 0.5) is 5.95 Å². The largest absolute Gasteiger partial charge is 0.481 e. The number of nitrogen functional groups attached to an aromatic ring is 1. The van der Waals surface area contributed by atoms with E-state index in [-0.39, 0.29) is 10.8 Å². The van der Waals surface area contributed by atoms with Crippen molar-refractivity contribution in [2.75, 3.05) is 19.1 Å². The van der Waals surface area contributed by atoms with Crippen LogP contribution in [0.15, 0.2) is 45.1 Å². The van der Waals surface area contributed by atoms with E-state index >= 15 is 0 Å². The highest BCUT2D eigenvalue weighted by Gasteiger charge is 2.08. The maximum atomic E-state index is 11.4. The number of nitrogens with two attached hydrogens (primary N) is 1. The zero-order chi connectivity index (χ0) is 14.8. The number of anilines is 1.